The number of carbonyl (C=O) groups excluding carboxylic acids is 4. The van der Waals surface area contributed by atoms with Gasteiger partial charge in [0.05, 0.1) is 25.3 Å². The molecule has 0 aliphatic rings. The summed E-state index contributed by atoms with van der Waals surface area (Å²) in [6.45, 7) is 0. The average molecular weight is 525 g/mol. The number of phenols is 1. The van der Waals surface area contributed by atoms with E-state index in [2.05, 4.69) is 5.32 Å². The monoisotopic (exact) mass is 525 g/mol. The highest BCUT2D eigenvalue weighted by atomic mass is 16.4. The molecule has 0 fully saturated rings. The van der Waals surface area contributed by atoms with E-state index < -0.39 is 85.0 Å². The summed E-state index contributed by atoms with van der Waals surface area (Å²) in [5.41, 5.74) is 10.8. The van der Waals surface area contributed by atoms with Crippen molar-refractivity contribution in [3.05, 3.63) is 29.8 Å². The van der Waals surface area contributed by atoms with Gasteiger partial charge in [-0.2, -0.15) is 0 Å². The second-order valence-electron chi connectivity index (χ2n) is 7.86. The molecule has 0 aliphatic carbocycles. The number of nitrogens with two attached hydrogens (primary N) is 2. The summed E-state index contributed by atoms with van der Waals surface area (Å²) >= 11 is 0. The van der Waals surface area contributed by atoms with Gasteiger partial charge >= 0.3 is 17.9 Å². The molecule has 0 heterocycles. The smallest absolute Gasteiger partial charge is 0.326 e. The second kappa shape index (κ2) is 14.0. The third kappa shape index (κ3) is 11.0. The van der Waals surface area contributed by atoms with Gasteiger partial charge < -0.3 is 47.8 Å². The van der Waals surface area contributed by atoms with Gasteiger partial charge in [-0.1, -0.05) is 12.1 Å². The Bertz CT molecular complexity index is 1040. The molecule has 202 valence electrons. The van der Waals surface area contributed by atoms with Gasteiger partial charge in [-0.3, -0.25) is 28.8 Å². The van der Waals surface area contributed by atoms with Gasteiger partial charge in [-0.05, 0) is 17.7 Å². The molecule has 0 saturated carbocycles. The summed E-state index contributed by atoms with van der Waals surface area (Å²) in [6, 6.07) is -1.40. The van der Waals surface area contributed by atoms with E-state index in [-0.39, 0.29) is 12.2 Å². The second-order valence-corrected chi connectivity index (χ2v) is 7.86. The van der Waals surface area contributed by atoms with Crippen molar-refractivity contribution in [1.82, 2.24) is 16.0 Å². The maximum Gasteiger partial charge on any atom is 0.326 e. The van der Waals surface area contributed by atoms with E-state index in [1.165, 1.54) is 24.3 Å². The van der Waals surface area contributed by atoms with Gasteiger partial charge in [0.25, 0.3) is 0 Å². The van der Waals surface area contributed by atoms with Crippen LogP contribution in [0.15, 0.2) is 24.3 Å². The Morgan fingerprint density at radius 3 is 1.54 bits per heavy atom. The summed E-state index contributed by atoms with van der Waals surface area (Å²) in [7, 11) is 0. The molecular weight excluding hydrogens is 498 g/mol. The molecule has 1 aromatic rings. The number of benzene rings is 1. The maximum absolute atomic E-state index is 12.7. The standard InChI is InChI=1S/C21H27N5O11/c22-11(6-15(23)28)18(33)24-12(7-16(29)30)19(34)25-13(8-17(31)32)20(35)26-14(21(36)37)5-9-1-3-10(27)4-2-9/h1-4,11-14,27H,5-8,22H2,(H2,23,28)(H,24,33)(H,25,34)(H,26,35)(H,29,30)(H,31,32)(H,36,37). The van der Waals surface area contributed by atoms with Crippen molar-refractivity contribution in [2.45, 2.75) is 49.9 Å². The number of aromatic hydroxyl groups is 1. The van der Waals surface area contributed by atoms with Crippen LogP contribution >= 0.6 is 0 Å². The first-order valence-corrected chi connectivity index (χ1v) is 10.6. The number of carboxylic acid groups (broad SMARTS) is 3. The van der Waals surface area contributed by atoms with E-state index in [1.54, 1.807) is 0 Å². The van der Waals surface area contributed by atoms with Gasteiger partial charge in [-0.25, -0.2) is 4.79 Å². The van der Waals surface area contributed by atoms with Crippen molar-refractivity contribution in [3.8, 4) is 5.75 Å². The van der Waals surface area contributed by atoms with Crippen LogP contribution in [0, 0.1) is 0 Å². The van der Waals surface area contributed by atoms with Gasteiger partial charge in [0.15, 0.2) is 0 Å². The lowest BCUT2D eigenvalue weighted by atomic mass is 10.0. The Hall–Kier alpha value is -4.73. The summed E-state index contributed by atoms with van der Waals surface area (Å²) < 4.78 is 0. The van der Waals surface area contributed by atoms with Gasteiger partial charge in [-0.15, -0.1) is 0 Å². The van der Waals surface area contributed by atoms with Crippen LogP contribution in [-0.4, -0.2) is 86.1 Å². The van der Waals surface area contributed by atoms with E-state index in [9.17, 15) is 43.8 Å². The summed E-state index contributed by atoms with van der Waals surface area (Å²) in [5.74, 6) is -9.24. The van der Waals surface area contributed by atoms with Crippen LogP contribution in [0.4, 0.5) is 0 Å². The van der Waals surface area contributed by atoms with Crippen LogP contribution in [0.3, 0.4) is 0 Å². The van der Waals surface area contributed by atoms with Crippen molar-refractivity contribution in [2.24, 2.45) is 11.5 Å². The minimum Gasteiger partial charge on any atom is -0.508 e. The lowest BCUT2D eigenvalue weighted by molar-refractivity contribution is -0.145. The summed E-state index contributed by atoms with van der Waals surface area (Å²) in [6.07, 6.45) is -2.89. The first-order chi connectivity index (χ1) is 17.2. The molecule has 4 amide bonds. The molecule has 16 heteroatoms. The molecule has 1 rings (SSSR count). The minimum atomic E-state index is -1.86. The lowest BCUT2D eigenvalue weighted by Gasteiger charge is -2.24. The quantitative estimate of drug-likeness (QED) is 0.108. The molecule has 11 N–H and O–H groups in total. The minimum absolute atomic E-state index is 0.0810. The topological polar surface area (TPSA) is 289 Å². The largest absolute Gasteiger partial charge is 0.508 e. The highest BCUT2D eigenvalue weighted by Gasteiger charge is 2.32. The molecule has 0 aromatic heterocycles. The molecule has 0 saturated heterocycles. The van der Waals surface area contributed by atoms with Crippen molar-refractivity contribution >= 4 is 41.5 Å². The number of hydrogen-bond acceptors (Lipinski definition) is 9. The van der Waals surface area contributed by atoms with E-state index in [4.69, 9.17) is 21.7 Å². The van der Waals surface area contributed by atoms with Crippen LogP contribution in [0.1, 0.15) is 24.8 Å². The molecule has 0 spiro atoms. The number of carboxylic acids is 3. The third-order valence-electron chi connectivity index (χ3n) is 4.77. The van der Waals surface area contributed by atoms with E-state index >= 15 is 0 Å². The molecular formula is C21H27N5O11. The van der Waals surface area contributed by atoms with Crippen molar-refractivity contribution in [2.75, 3.05) is 0 Å². The normalized spacial score (nSPS) is 13.8. The zero-order chi connectivity index (χ0) is 28.3. The molecule has 4 atom stereocenters. The number of amides is 4. The Morgan fingerprint density at radius 2 is 1.14 bits per heavy atom. The average Bonchev–Trinajstić information content (AvgIpc) is 2.77. The van der Waals surface area contributed by atoms with Crippen LogP contribution in [0.2, 0.25) is 0 Å². The number of rotatable bonds is 15. The highest BCUT2D eigenvalue weighted by Crippen LogP contribution is 2.12. The fraction of sp³-hybridized carbons (Fsp3) is 0.381. The maximum atomic E-state index is 12.7. The van der Waals surface area contributed by atoms with Gasteiger partial charge in [0, 0.05) is 6.42 Å². The Kier molecular flexibility index (Phi) is 11.4. The third-order valence-corrected chi connectivity index (χ3v) is 4.77. The zero-order valence-electron chi connectivity index (χ0n) is 19.2. The molecule has 16 nitrogen and oxygen atoms in total. The van der Waals surface area contributed by atoms with E-state index in [0.29, 0.717) is 5.56 Å². The predicted molar refractivity (Wildman–Crippen MR) is 122 cm³/mol. The van der Waals surface area contributed by atoms with E-state index in [0.717, 1.165) is 0 Å². The first-order valence-electron chi connectivity index (χ1n) is 10.6. The Morgan fingerprint density at radius 1 is 0.703 bits per heavy atom. The fourth-order valence-corrected chi connectivity index (χ4v) is 2.97. The number of primary amides is 1. The molecule has 0 radical (unpaired) electrons. The van der Waals surface area contributed by atoms with E-state index in [1.807, 2.05) is 10.6 Å². The lowest BCUT2D eigenvalue weighted by Crippen LogP contribution is -2.58. The Balaban J connectivity index is 3.04. The first kappa shape index (κ1) is 30.3. The molecule has 0 aliphatic heterocycles. The van der Waals surface area contributed by atoms with Crippen LogP contribution in [0.25, 0.3) is 0 Å². The van der Waals surface area contributed by atoms with Crippen molar-refractivity contribution in [3.63, 3.8) is 0 Å². The van der Waals surface area contributed by atoms with Crippen molar-refractivity contribution in [1.29, 1.82) is 0 Å². The molecule has 0 bridgehead atoms. The predicted octanol–water partition coefficient (Wildman–Crippen LogP) is -3.37. The number of phenolic OH excluding ortho intramolecular Hbond substituents is 1. The highest BCUT2D eigenvalue weighted by molar-refractivity contribution is 5.97. The van der Waals surface area contributed by atoms with Crippen molar-refractivity contribution < 1.29 is 54.0 Å². The number of hydrogen-bond donors (Lipinski definition) is 9. The number of nitrogens with one attached hydrogen (secondary N) is 3. The molecule has 1 aromatic carbocycles. The zero-order valence-corrected chi connectivity index (χ0v) is 19.2. The van der Waals surface area contributed by atoms with Crippen LogP contribution in [0.5, 0.6) is 5.75 Å². The molecule has 37 heavy (non-hydrogen) atoms. The van der Waals surface area contributed by atoms with Gasteiger partial charge in [0.1, 0.15) is 23.9 Å². The summed E-state index contributed by atoms with van der Waals surface area (Å²) in [4.78, 5) is 82.5. The summed E-state index contributed by atoms with van der Waals surface area (Å²) in [5, 5.41) is 43.1. The number of aliphatic carboxylic acids is 3. The van der Waals surface area contributed by atoms with Crippen LogP contribution in [-0.2, 0) is 40.0 Å². The number of carbonyl (C=O) groups is 7. The SMILES string of the molecule is NC(=O)CC(N)C(=O)NC(CC(=O)O)C(=O)NC(CC(=O)O)C(=O)NC(Cc1ccc(O)cc1)C(=O)O. The van der Waals surface area contributed by atoms with Gasteiger partial charge in [0.2, 0.25) is 23.6 Å². The fourth-order valence-electron chi connectivity index (χ4n) is 2.97. The Labute approximate surface area is 209 Å². The van der Waals surface area contributed by atoms with Crippen LogP contribution < -0.4 is 27.4 Å². The molecule has 4 unspecified atom stereocenters.